The standard InChI is InChI=1S/C29H33ClN2O4S.CH4/c1-29(2,3)36-28(34)31-25(15-16-37)27(33)32-26(21-11-7-13-23(30)17-21)22-12-8-14-24(18-22)35-19-20-9-5-4-6-10-20;/h4-14,17-18,25-26,37H,15-16,19H2,1-3H3,(H,31,34)(H,32,33);1H4. The van der Waals surface area contributed by atoms with Gasteiger partial charge in [-0.1, -0.05) is 73.6 Å². The van der Waals surface area contributed by atoms with Gasteiger partial charge in [-0.2, -0.15) is 12.6 Å². The highest BCUT2D eigenvalue weighted by Crippen LogP contribution is 2.28. The first-order valence-electron chi connectivity index (χ1n) is 12.1. The highest BCUT2D eigenvalue weighted by molar-refractivity contribution is 7.80. The number of amides is 2. The highest BCUT2D eigenvalue weighted by Gasteiger charge is 2.27. The van der Waals surface area contributed by atoms with Gasteiger partial charge in [-0.15, -0.1) is 0 Å². The second-order valence-corrected chi connectivity index (χ2v) is 10.4. The number of benzene rings is 3. The Labute approximate surface area is 236 Å². The van der Waals surface area contributed by atoms with E-state index in [0.29, 0.717) is 29.6 Å². The average Bonchev–Trinajstić information content (AvgIpc) is 2.85. The van der Waals surface area contributed by atoms with Crippen molar-refractivity contribution in [1.29, 1.82) is 0 Å². The van der Waals surface area contributed by atoms with Gasteiger partial charge in [0.05, 0.1) is 6.04 Å². The highest BCUT2D eigenvalue weighted by atomic mass is 35.5. The number of ether oxygens (including phenoxy) is 2. The van der Waals surface area contributed by atoms with E-state index in [-0.39, 0.29) is 13.3 Å². The number of hydrogen-bond acceptors (Lipinski definition) is 5. The maximum Gasteiger partial charge on any atom is 0.408 e. The van der Waals surface area contributed by atoms with Crippen LogP contribution in [0.5, 0.6) is 5.75 Å². The van der Waals surface area contributed by atoms with Crippen LogP contribution >= 0.6 is 24.2 Å². The summed E-state index contributed by atoms with van der Waals surface area (Å²) in [5, 5.41) is 6.29. The predicted molar refractivity (Wildman–Crippen MR) is 157 cm³/mol. The molecule has 0 aliphatic carbocycles. The summed E-state index contributed by atoms with van der Waals surface area (Å²) in [6, 6.07) is 23.4. The lowest BCUT2D eigenvalue weighted by atomic mass is 9.97. The number of hydrogen-bond donors (Lipinski definition) is 3. The second-order valence-electron chi connectivity index (χ2n) is 9.55. The molecule has 0 saturated heterocycles. The summed E-state index contributed by atoms with van der Waals surface area (Å²) in [5.74, 6) is 0.709. The smallest absolute Gasteiger partial charge is 0.408 e. The number of alkyl carbamates (subject to hydrolysis) is 1. The minimum Gasteiger partial charge on any atom is -0.489 e. The molecule has 0 heterocycles. The van der Waals surface area contributed by atoms with Crippen molar-refractivity contribution < 1.29 is 19.1 Å². The largest absolute Gasteiger partial charge is 0.489 e. The van der Waals surface area contributed by atoms with Crippen LogP contribution < -0.4 is 15.4 Å². The summed E-state index contributed by atoms with van der Waals surface area (Å²) in [7, 11) is 0. The van der Waals surface area contributed by atoms with Gasteiger partial charge in [0, 0.05) is 5.02 Å². The number of carbonyl (C=O) groups excluding carboxylic acids is 2. The molecule has 0 spiro atoms. The number of carbonyl (C=O) groups is 2. The quantitative estimate of drug-likeness (QED) is 0.236. The molecule has 2 N–H and O–H groups in total. The first-order chi connectivity index (χ1) is 17.6. The summed E-state index contributed by atoms with van der Waals surface area (Å²) in [6.07, 6.45) is -0.332. The van der Waals surface area contributed by atoms with Crippen molar-refractivity contribution in [2.45, 2.75) is 58.9 Å². The maximum atomic E-state index is 13.4. The van der Waals surface area contributed by atoms with Gasteiger partial charge in [0.1, 0.15) is 24.0 Å². The second kappa shape index (κ2) is 14.7. The van der Waals surface area contributed by atoms with Crippen molar-refractivity contribution in [3.05, 3.63) is 101 Å². The third kappa shape index (κ3) is 9.95. The molecule has 0 aliphatic rings. The fourth-order valence-electron chi connectivity index (χ4n) is 3.66. The summed E-state index contributed by atoms with van der Waals surface area (Å²) < 4.78 is 11.4. The van der Waals surface area contributed by atoms with Gasteiger partial charge in [0.25, 0.3) is 0 Å². The Morgan fingerprint density at radius 1 is 0.921 bits per heavy atom. The van der Waals surface area contributed by atoms with Gasteiger partial charge in [-0.05, 0) is 73.9 Å². The van der Waals surface area contributed by atoms with Gasteiger partial charge >= 0.3 is 6.09 Å². The topological polar surface area (TPSA) is 76.7 Å². The molecule has 0 aliphatic heterocycles. The Balaban J connectivity index is 0.00000507. The van der Waals surface area contributed by atoms with Gasteiger partial charge in [-0.3, -0.25) is 4.79 Å². The molecule has 3 aromatic carbocycles. The average molecular weight is 557 g/mol. The molecule has 38 heavy (non-hydrogen) atoms. The summed E-state index contributed by atoms with van der Waals surface area (Å²) in [6.45, 7) is 5.72. The summed E-state index contributed by atoms with van der Waals surface area (Å²) in [4.78, 5) is 25.8. The van der Waals surface area contributed by atoms with E-state index in [9.17, 15) is 9.59 Å². The predicted octanol–water partition coefficient (Wildman–Crippen LogP) is 6.97. The number of halogens is 1. The molecule has 8 heteroatoms. The normalized spacial score (nSPS) is 12.4. The van der Waals surface area contributed by atoms with Crippen LogP contribution in [-0.2, 0) is 16.1 Å². The van der Waals surface area contributed by atoms with Gasteiger partial charge in [-0.25, -0.2) is 4.79 Å². The molecule has 0 fully saturated rings. The van der Waals surface area contributed by atoms with Gasteiger partial charge in [0.2, 0.25) is 5.91 Å². The van der Waals surface area contributed by atoms with Crippen LogP contribution in [0.2, 0.25) is 5.02 Å². The van der Waals surface area contributed by atoms with Crippen molar-refractivity contribution >= 4 is 36.2 Å². The lowest BCUT2D eigenvalue weighted by Gasteiger charge is -2.26. The van der Waals surface area contributed by atoms with E-state index in [4.69, 9.17) is 21.1 Å². The van der Waals surface area contributed by atoms with Gasteiger partial charge < -0.3 is 20.1 Å². The van der Waals surface area contributed by atoms with E-state index in [1.165, 1.54) is 0 Å². The molecule has 2 amide bonds. The molecule has 0 saturated carbocycles. The zero-order chi connectivity index (χ0) is 26.8. The van der Waals surface area contributed by atoms with Crippen LogP contribution in [0.1, 0.15) is 57.4 Å². The molecule has 204 valence electrons. The van der Waals surface area contributed by atoms with E-state index in [1.807, 2.05) is 66.7 Å². The van der Waals surface area contributed by atoms with E-state index in [0.717, 1.165) is 16.7 Å². The first-order valence-corrected chi connectivity index (χ1v) is 13.1. The molecule has 3 aromatic rings. The van der Waals surface area contributed by atoms with Crippen molar-refractivity contribution in [2.24, 2.45) is 0 Å². The first kappa shape index (κ1) is 31.1. The van der Waals surface area contributed by atoms with Crippen LogP contribution in [0, 0.1) is 0 Å². The van der Waals surface area contributed by atoms with E-state index in [1.54, 1.807) is 32.9 Å². The Bertz CT molecular complexity index is 1180. The third-order valence-electron chi connectivity index (χ3n) is 5.33. The molecule has 2 unspecified atom stereocenters. The third-order valence-corrected chi connectivity index (χ3v) is 5.83. The van der Waals surface area contributed by atoms with Crippen molar-refractivity contribution in [2.75, 3.05) is 5.75 Å². The van der Waals surface area contributed by atoms with E-state index in [2.05, 4.69) is 23.3 Å². The molecule has 2 atom stereocenters. The Kier molecular flexibility index (Phi) is 12.0. The fourth-order valence-corrected chi connectivity index (χ4v) is 4.12. The molecular weight excluding hydrogens is 520 g/mol. The Morgan fingerprint density at radius 3 is 2.21 bits per heavy atom. The lowest BCUT2D eigenvalue weighted by molar-refractivity contribution is -0.123. The maximum absolute atomic E-state index is 13.4. The Hall–Kier alpha value is -3.16. The van der Waals surface area contributed by atoms with Gasteiger partial charge in [0.15, 0.2) is 0 Å². The SMILES string of the molecule is C.CC(C)(C)OC(=O)NC(CCS)C(=O)NC(c1cccc(Cl)c1)c1cccc(OCc2ccccc2)c1. The monoisotopic (exact) mass is 556 g/mol. The van der Waals surface area contributed by atoms with Crippen LogP contribution in [0.4, 0.5) is 4.79 Å². The number of nitrogens with one attached hydrogen (secondary N) is 2. The Morgan fingerprint density at radius 2 is 1.58 bits per heavy atom. The zero-order valence-electron chi connectivity index (χ0n) is 21.2. The molecule has 0 aromatic heterocycles. The summed E-state index contributed by atoms with van der Waals surface area (Å²) in [5.41, 5.74) is 1.97. The number of thiol groups is 1. The molecular formula is C30H37ClN2O4S. The molecule has 6 nitrogen and oxygen atoms in total. The van der Waals surface area contributed by atoms with Crippen LogP contribution in [-0.4, -0.2) is 29.4 Å². The minimum absolute atomic E-state index is 0. The van der Waals surface area contributed by atoms with Crippen LogP contribution in [0.3, 0.4) is 0 Å². The fraction of sp³-hybridized carbons (Fsp3) is 0.333. The van der Waals surface area contributed by atoms with Crippen molar-refractivity contribution in [3.63, 3.8) is 0 Å². The van der Waals surface area contributed by atoms with E-state index < -0.39 is 23.8 Å². The molecule has 3 rings (SSSR count). The summed E-state index contributed by atoms with van der Waals surface area (Å²) >= 11 is 10.6. The minimum atomic E-state index is -0.827. The molecule has 0 radical (unpaired) electrons. The molecule has 0 bridgehead atoms. The van der Waals surface area contributed by atoms with Crippen molar-refractivity contribution in [1.82, 2.24) is 10.6 Å². The zero-order valence-corrected chi connectivity index (χ0v) is 22.9. The van der Waals surface area contributed by atoms with Crippen molar-refractivity contribution in [3.8, 4) is 5.75 Å². The van der Waals surface area contributed by atoms with E-state index >= 15 is 0 Å². The van der Waals surface area contributed by atoms with Crippen LogP contribution in [0.15, 0.2) is 78.9 Å². The lowest BCUT2D eigenvalue weighted by Crippen LogP contribution is -2.49. The van der Waals surface area contributed by atoms with Crippen LogP contribution in [0.25, 0.3) is 0 Å². The number of rotatable bonds is 10.